The summed E-state index contributed by atoms with van der Waals surface area (Å²) >= 11 is 0. The lowest BCUT2D eigenvalue weighted by atomic mass is 10.1. The quantitative estimate of drug-likeness (QED) is 0.775. The third-order valence-corrected chi connectivity index (χ3v) is 4.89. The van der Waals surface area contributed by atoms with E-state index in [0.717, 1.165) is 31.7 Å². The average molecular weight is 345 g/mol. The van der Waals surface area contributed by atoms with Crippen molar-refractivity contribution in [2.75, 3.05) is 37.0 Å². The standard InChI is InChI=1S/C19H27N3O3/c1-13-12-22(10-9-20-13)15-6-7-17(16(11-15)19(24)25-2)21-18(23)8-5-14-3-4-14/h6-7,11,13-14,20H,3-5,8-10,12H2,1-2H3,(H,21,23)/t13-/m0/s1. The van der Waals surface area contributed by atoms with Gasteiger partial charge in [0.2, 0.25) is 5.91 Å². The fourth-order valence-corrected chi connectivity index (χ4v) is 3.24. The van der Waals surface area contributed by atoms with E-state index in [1.54, 1.807) is 0 Å². The number of rotatable bonds is 6. The van der Waals surface area contributed by atoms with Crippen LogP contribution >= 0.6 is 0 Å². The molecule has 6 nitrogen and oxygen atoms in total. The molecule has 1 aromatic carbocycles. The Labute approximate surface area is 148 Å². The summed E-state index contributed by atoms with van der Waals surface area (Å²) in [4.78, 5) is 26.6. The SMILES string of the molecule is COC(=O)c1cc(N2CCN[C@@H](C)C2)ccc1NC(=O)CCC1CC1. The van der Waals surface area contributed by atoms with Crippen molar-refractivity contribution in [2.45, 2.75) is 38.6 Å². The van der Waals surface area contributed by atoms with Crippen LogP contribution in [0.2, 0.25) is 0 Å². The minimum Gasteiger partial charge on any atom is -0.465 e. The van der Waals surface area contributed by atoms with Crippen LogP contribution in [0.4, 0.5) is 11.4 Å². The van der Waals surface area contributed by atoms with Crippen molar-refractivity contribution in [1.29, 1.82) is 0 Å². The lowest BCUT2D eigenvalue weighted by molar-refractivity contribution is -0.116. The molecule has 1 aromatic rings. The normalized spacial score (nSPS) is 20.2. The third-order valence-electron chi connectivity index (χ3n) is 4.89. The van der Waals surface area contributed by atoms with Crippen molar-refractivity contribution in [3.8, 4) is 0 Å². The van der Waals surface area contributed by atoms with Gasteiger partial charge in [0.25, 0.3) is 0 Å². The van der Waals surface area contributed by atoms with Crippen molar-refractivity contribution in [1.82, 2.24) is 5.32 Å². The smallest absolute Gasteiger partial charge is 0.340 e. The number of nitrogens with one attached hydrogen (secondary N) is 2. The summed E-state index contributed by atoms with van der Waals surface area (Å²) in [6.07, 6.45) is 3.90. The van der Waals surface area contributed by atoms with Crippen LogP contribution in [0.1, 0.15) is 43.0 Å². The summed E-state index contributed by atoms with van der Waals surface area (Å²) in [6, 6.07) is 5.99. The van der Waals surface area contributed by atoms with Gasteiger partial charge in [0.15, 0.2) is 0 Å². The van der Waals surface area contributed by atoms with Crippen molar-refractivity contribution >= 4 is 23.3 Å². The van der Waals surface area contributed by atoms with Gasteiger partial charge in [-0.15, -0.1) is 0 Å². The maximum Gasteiger partial charge on any atom is 0.340 e. The first-order chi connectivity index (χ1) is 12.1. The molecule has 6 heteroatoms. The van der Waals surface area contributed by atoms with Gasteiger partial charge in [0.1, 0.15) is 0 Å². The fourth-order valence-electron chi connectivity index (χ4n) is 3.24. The first kappa shape index (κ1) is 17.7. The van der Waals surface area contributed by atoms with Gasteiger partial charge in [0, 0.05) is 37.8 Å². The Morgan fingerprint density at radius 1 is 1.36 bits per heavy atom. The van der Waals surface area contributed by atoms with Crippen LogP contribution in [-0.4, -0.2) is 44.7 Å². The summed E-state index contributed by atoms with van der Waals surface area (Å²) in [6.45, 7) is 4.82. The molecule has 1 heterocycles. The summed E-state index contributed by atoms with van der Waals surface area (Å²) < 4.78 is 4.91. The molecule has 2 aliphatic rings. The molecule has 1 aliphatic heterocycles. The van der Waals surface area contributed by atoms with E-state index < -0.39 is 5.97 Å². The second kappa shape index (κ2) is 7.87. The van der Waals surface area contributed by atoms with E-state index >= 15 is 0 Å². The molecule has 0 spiro atoms. The number of piperazine rings is 1. The van der Waals surface area contributed by atoms with E-state index in [2.05, 4.69) is 22.5 Å². The Kier molecular flexibility index (Phi) is 5.58. The van der Waals surface area contributed by atoms with E-state index in [-0.39, 0.29) is 5.91 Å². The number of hydrogen-bond acceptors (Lipinski definition) is 5. The lowest BCUT2D eigenvalue weighted by Gasteiger charge is -2.34. The zero-order chi connectivity index (χ0) is 17.8. The predicted molar refractivity (Wildman–Crippen MR) is 98.0 cm³/mol. The number of carbonyl (C=O) groups is 2. The van der Waals surface area contributed by atoms with Crippen LogP contribution < -0.4 is 15.5 Å². The van der Waals surface area contributed by atoms with Crippen LogP contribution in [0.5, 0.6) is 0 Å². The van der Waals surface area contributed by atoms with E-state index in [1.165, 1.54) is 20.0 Å². The Morgan fingerprint density at radius 2 is 2.16 bits per heavy atom. The van der Waals surface area contributed by atoms with Gasteiger partial charge < -0.3 is 20.3 Å². The van der Waals surface area contributed by atoms with Gasteiger partial charge in [-0.25, -0.2) is 4.79 Å². The number of methoxy groups -OCH3 is 1. The Bertz CT molecular complexity index is 643. The number of ether oxygens (including phenoxy) is 1. The van der Waals surface area contributed by atoms with Crippen LogP contribution in [-0.2, 0) is 9.53 Å². The molecule has 0 unspecified atom stereocenters. The van der Waals surface area contributed by atoms with E-state index in [4.69, 9.17) is 4.74 Å². The van der Waals surface area contributed by atoms with Crippen LogP contribution in [0, 0.1) is 5.92 Å². The molecule has 136 valence electrons. The number of nitrogens with zero attached hydrogens (tertiary/aromatic N) is 1. The van der Waals surface area contributed by atoms with Gasteiger partial charge in [0.05, 0.1) is 18.4 Å². The Morgan fingerprint density at radius 3 is 2.84 bits per heavy atom. The fraction of sp³-hybridized carbons (Fsp3) is 0.579. The summed E-state index contributed by atoms with van der Waals surface area (Å²) in [5.41, 5.74) is 1.91. The highest BCUT2D eigenvalue weighted by Gasteiger charge is 2.23. The summed E-state index contributed by atoms with van der Waals surface area (Å²) in [7, 11) is 1.36. The molecule has 25 heavy (non-hydrogen) atoms. The van der Waals surface area contributed by atoms with E-state index in [0.29, 0.717) is 29.6 Å². The van der Waals surface area contributed by atoms with Crippen LogP contribution in [0.25, 0.3) is 0 Å². The first-order valence-corrected chi connectivity index (χ1v) is 9.07. The van der Waals surface area contributed by atoms with Gasteiger partial charge in [-0.3, -0.25) is 4.79 Å². The first-order valence-electron chi connectivity index (χ1n) is 9.07. The molecule has 1 saturated carbocycles. The largest absolute Gasteiger partial charge is 0.465 e. The number of hydrogen-bond donors (Lipinski definition) is 2. The number of anilines is 2. The topological polar surface area (TPSA) is 70.7 Å². The highest BCUT2D eigenvalue weighted by atomic mass is 16.5. The maximum absolute atomic E-state index is 12.2. The van der Waals surface area contributed by atoms with Gasteiger partial charge in [-0.1, -0.05) is 12.8 Å². The number of carbonyl (C=O) groups excluding carboxylic acids is 2. The second-order valence-electron chi connectivity index (χ2n) is 7.05. The minimum atomic E-state index is -0.428. The van der Waals surface area contributed by atoms with Gasteiger partial charge in [-0.2, -0.15) is 0 Å². The highest BCUT2D eigenvalue weighted by Crippen LogP contribution is 2.33. The van der Waals surface area contributed by atoms with Crippen molar-refractivity contribution in [2.24, 2.45) is 5.92 Å². The third kappa shape index (κ3) is 4.72. The Hall–Kier alpha value is -2.08. The zero-order valence-corrected chi connectivity index (χ0v) is 15.0. The molecule has 2 N–H and O–H groups in total. The molecular weight excluding hydrogens is 318 g/mol. The number of amides is 1. The molecule has 0 aromatic heterocycles. The number of esters is 1. The van der Waals surface area contributed by atoms with Gasteiger partial charge >= 0.3 is 5.97 Å². The van der Waals surface area contributed by atoms with Crippen LogP contribution in [0.3, 0.4) is 0 Å². The van der Waals surface area contributed by atoms with Crippen LogP contribution in [0.15, 0.2) is 18.2 Å². The maximum atomic E-state index is 12.2. The predicted octanol–water partition coefficient (Wildman–Crippen LogP) is 2.40. The Balaban J connectivity index is 1.74. The summed E-state index contributed by atoms with van der Waals surface area (Å²) in [5.74, 6) is 0.242. The van der Waals surface area contributed by atoms with E-state index in [1.807, 2.05) is 18.2 Å². The summed E-state index contributed by atoms with van der Waals surface area (Å²) in [5, 5.41) is 6.28. The molecular formula is C19H27N3O3. The number of benzene rings is 1. The van der Waals surface area contributed by atoms with Crippen molar-refractivity contribution in [3.05, 3.63) is 23.8 Å². The van der Waals surface area contributed by atoms with Crippen molar-refractivity contribution < 1.29 is 14.3 Å². The van der Waals surface area contributed by atoms with Crippen molar-refractivity contribution in [3.63, 3.8) is 0 Å². The molecule has 1 amide bonds. The molecule has 1 aliphatic carbocycles. The molecule has 1 saturated heterocycles. The highest BCUT2D eigenvalue weighted by molar-refractivity contribution is 6.02. The molecule has 3 rings (SSSR count). The molecule has 1 atom stereocenters. The molecule has 2 fully saturated rings. The minimum absolute atomic E-state index is 0.0411. The average Bonchev–Trinajstić information content (AvgIpc) is 3.44. The zero-order valence-electron chi connectivity index (χ0n) is 15.0. The molecule has 0 bridgehead atoms. The second-order valence-corrected chi connectivity index (χ2v) is 7.05. The van der Waals surface area contributed by atoms with Gasteiger partial charge in [-0.05, 0) is 37.5 Å². The molecule has 0 radical (unpaired) electrons. The lowest BCUT2D eigenvalue weighted by Crippen LogP contribution is -2.49. The van der Waals surface area contributed by atoms with E-state index in [9.17, 15) is 9.59 Å². The monoisotopic (exact) mass is 345 g/mol.